The number of fused-ring (bicyclic) bond motifs is 1. The lowest BCUT2D eigenvalue weighted by Crippen LogP contribution is -2.41. The Hall–Kier alpha value is -3.05. The maximum absolute atomic E-state index is 11.9. The molecular formula is C22H20N2O2S. The van der Waals surface area contributed by atoms with Gasteiger partial charge in [0.25, 0.3) is 5.91 Å². The molecule has 3 aromatic carbocycles. The number of benzene rings is 3. The monoisotopic (exact) mass is 376 g/mol. The second-order valence-electron chi connectivity index (χ2n) is 5.91. The molecule has 27 heavy (non-hydrogen) atoms. The van der Waals surface area contributed by atoms with Gasteiger partial charge in [0.05, 0.1) is 5.75 Å². The van der Waals surface area contributed by atoms with Crippen molar-refractivity contribution in [1.82, 2.24) is 10.9 Å². The van der Waals surface area contributed by atoms with Gasteiger partial charge in [-0.15, -0.1) is 11.8 Å². The standard InChI is InChI=1S/C22H20N2O2S/c25-21(14-13-17-7-2-1-3-8-17)23-24-22(26)16-27-15-19-11-6-10-18-9-4-5-12-20(18)19/h1-14H,15-16H2,(H,23,25)(H,24,26)/b14-13+. The van der Waals surface area contributed by atoms with Crippen molar-refractivity contribution in [3.05, 3.63) is 90.0 Å². The first-order chi connectivity index (χ1) is 13.2. The maximum Gasteiger partial charge on any atom is 0.262 e. The van der Waals surface area contributed by atoms with E-state index in [0.717, 1.165) is 11.3 Å². The minimum atomic E-state index is -0.369. The van der Waals surface area contributed by atoms with Crippen molar-refractivity contribution in [3.63, 3.8) is 0 Å². The van der Waals surface area contributed by atoms with Gasteiger partial charge in [-0.05, 0) is 28.0 Å². The van der Waals surface area contributed by atoms with E-state index in [9.17, 15) is 9.59 Å². The number of amides is 2. The van der Waals surface area contributed by atoms with Crippen molar-refractivity contribution < 1.29 is 9.59 Å². The van der Waals surface area contributed by atoms with E-state index in [0.29, 0.717) is 0 Å². The summed E-state index contributed by atoms with van der Waals surface area (Å²) in [6, 6.07) is 23.9. The van der Waals surface area contributed by atoms with Gasteiger partial charge >= 0.3 is 0 Å². The van der Waals surface area contributed by atoms with Crippen LogP contribution < -0.4 is 10.9 Å². The molecule has 3 rings (SSSR count). The fourth-order valence-corrected chi connectivity index (χ4v) is 3.45. The van der Waals surface area contributed by atoms with Crippen LogP contribution in [0, 0.1) is 0 Å². The Morgan fingerprint density at radius 1 is 0.852 bits per heavy atom. The number of carbonyl (C=O) groups excluding carboxylic acids is 2. The molecule has 0 heterocycles. The summed E-state index contributed by atoms with van der Waals surface area (Å²) in [5, 5.41) is 2.39. The summed E-state index contributed by atoms with van der Waals surface area (Å²) in [7, 11) is 0. The molecule has 0 fully saturated rings. The van der Waals surface area contributed by atoms with Crippen LogP contribution in [0.1, 0.15) is 11.1 Å². The highest BCUT2D eigenvalue weighted by Crippen LogP contribution is 2.22. The number of nitrogens with one attached hydrogen (secondary N) is 2. The lowest BCUT2D eigenvalue weighted by atomic mass is 10.1. The molecule has 0 unspecified atom stereocenters. The highest BCUT2D eigenvalue weighted by atomic mass is 32.2. The summed E-state index contributed by atoms with van der Waals surface area (Å²) in [6.07, 6.45) is 3.08. The van der Waals surface area contributed by atoms with Crippen LogP contribution in [0.25, 0.3) is 16.8 Å². The SMILES string of the molecule is O=C(/C=C/c1ccccc1)NNC(=O)CSCc1cccc2ccccc12. The Morgan fingerprint density at radius 3 is 2.44 bits per heavy atom. The predicted molar refractivity (Wildman–Crippen MR) is 112 cm³/mol. The van der Waals surface area contributed by atoms with E-state index in [-0.39, 0.29) is 17.6 Å². The quantitative estimate of drug-likeness (QED) is 0.506. The molecule has 0 aliphatic rings. The number of hydrogen-bond acceptors (Lipinski definition) is 3. The van der Waals surface area contributed by atoms with Crippen LogP contribution in [0.15, 0.2) is 78.9 Å². The number of hydrogen-bond donors (Lipinski definition) is 2. The largest absolute Gasteiger partial charge is 0.272 e. The smallest absolute Gasteiger partial charge is 0.262 e. The molecular weight excluding hydrogens is 356 g/mol. The van der Waals surface area contributed by atoms with E-state index in [2.05, 4.69) is 35.1 Å². The van der Waals surface area contributed by atoms with Crippen LogP contribution in [-0.4, -0.2) is 17.6 Å². The number of thioether (sulfide) groups is 1. The van der Waals surface area contributed by atoms with E-state index in [1.165, 1.54) is 34.2 Å². The molecule has 0 aliphatic carbocycles. The lowest BCUT2D eigenvalue weighted by Gasteiger charge is -2.07. The van der Waals surface area contributed by atoms with Gasteiger partial charge in [-0.2, -0.15) is 0 Å². The molecule has 0 atom stereocenters. The molecule has 0 bridgehead atoms. The third-order valence-electron chi connectivity index (χ3n) is 3.92. The zero-order valence-electron chi connectivity index (χ0n) is 14.7. The second kappa shape index (κ2) is 9.59. The first kappa shape index (κ1) is 18.7. The molecule has 136 valence electrons. The van der Waals surface area contributed by atoms with Gasteiger partial charge < -0.3 is 0 Å². The minimum Gasteiger partial charge on any atom is -0.272 e. The van der Waals surface area contributed by atoms with Gasteiger partial charge in [-0.1, -0.05) is 72.8 Å². The molecule has 3 aromatic rings. The summed E-state index contributed by atoms with van der Waals surface area (Å²) < 4.78 is 0. The topological polar surface area (TPSA) is 58.2 Å². The van der Waals surface area contributed by atoms with Crippen LogP contribution in [0.5, 0.6) is 0 Å². The van der Waals surface area contributed by atoms with Crippen LogP contribution in [0.4, 0.5) is 0 Å². The van der Waals surface area contributed by atoms with Gasteiger partial charge in [0, 0.05) is 11.8 Å². The number of rotatable bonds is 6. The summed E-state index contributed by atoms with van der Waals surface area (Å²) in [6.45, 7) is 0. The zero-order valence-corrected chi connectivity index (χ0v) is 15.5. The van der Waals surface area contributed by atoms with Gasteiger partial charge in [-0.3, -0.25) is 20.4 Å². The molecule has 0 spiro atoms. The van der Waals surface area contributed by atoms with Crippen molar-refractivity contribution >= 4 is 40.4 Å². The Labute approximate surface area is 162 Å². The maximum atomic E-state index is 11.9. The van der Waals surface area contributed by atoms with E-state index in [1.54, 1.807) is 6.08 Å². The highest BCUT2D eigenvalue weighted by molar-refractivity contribution is 7.99. The summed E-state index contributed by atoms with van der Waals surface area (Å²) >= 11 is 1.51. The lowest BCUT2D eigenvalue weighted by molar-refractivity contribution is -0.125. The Morgan fingerprint density at radius 2 is 1.59 bits per heavy atom. The summed E-state index contributed by atoms with van der Waals surface area (Å²) in [5.74, 6) is 0.399. The van der Waals surface area contributed by atoms with Gasteiger partial charge in [0.2, 0.25) is 5.91 Å². The molecule has 0 aromatic heterocycles. The van der Waals surface area contributed by atoms with Gasteiger partial charge in [0.15, 0.2) is 0 Å². The average Bonchev–Trinajstić information content (AvgIpc) is 2.71. The first-order valence-corrected chi connectivity index (χ1v) is 9.74. The molecule has 0 saturated carbocycles. The molecule has 0 saturated heterocycles. The fourth-order valence-electron chi connectivity index (χ4n) is 2.62. The average molecular weight is 376 g/mol. The van der Waals surface area contributed by atoms with Gasteiger partial charge in [0.1, 0.15) is 0 Å². The third kappa shape index (κ3) is 5.72. The third-order valence-corrected chi connectivity index (χ3v) is 4.90. The van der Waals surface area contributed by atoms with E-state index in [1.807, 2.05) is 48.5 Å². The molecule has 0 aliphatic heterocycles. The van der Waals surface area contributed by atoms with Crippen molar-refractivity contribution in [1.29, 1.82) is 0 Å². The van der Waals surface area contributed by atoms with Crippen LogP contribution in [-0.2, 0) is 15.3 Å². The van der Waals surface area contributed by atoms with E-state index < -0.39 is 0 Å². The second-order valence-corrected chi connectivity index (χ2v) is 6.90. The summed E-state index contributed by atoms with van der Waals surface area (Å²) in [4.78, 5) is 23.6. The molecule has 2 amide bonds. The molecule has 5 heteroatoms. The fraction of sp³-hybridized carbons (Fsp3) is 0.0909. The first-order valence-electron chi connectivity index (χ1n) is 8.59. The zero-order chi connectivity index (χ0) is 18.9. The highest BCUT2D eigenvalue weighted by Gasteiger charge is 2.05. The molecule has 4 nitrogen and oxygen atoms in total. The van der Waals surface area contributed by atoms with E-state index in [4.69, 9.17) is 0 Å². The van der Waals surface area contributed by atoms with Crippen LogP contribution in [0.3, 0.4) is 0 Å². The van der Waals surface area contributed by atoms with Crippen molar-refractivity contribution in [2.45, 2.75) is 5.75 Å². The van der Waals surface area contributed by atoms with Crippen LogP contribution >= 0.6 is 11.8 Å². The minimum absolute atomic E-state index is 0.235. The normalized spacial score (nSPS) is 10.8. The Bertz CT molecular complexity index is 949. The Kier molecular flexibility index (Phi) is 6.66. The van der Waals surface area contributed by atoms with Crippen molar-refractivity contribution in [2.24, 2.45) is 0 Å². The Balaban J connectivity index is 1.42. The molecule has 0 radical (unpaired) electrons. The van der Waals surface area contributed by atoms with Gasteiger partial charge in [-0.25, -0.2) is 0 Å². The summed E-state index contributed by atoms with van der Waals surface area (Å²) in [5.41, 5.74) is 6.94. The predicted octanol–water partition coefficient (Wildman–Crippen LogP) is 3.93. The van der Waals surface area contributed by atoms with E-state index >= 15 is 0 Å². The van der Waals surface area contributed by atoms with Crippen molar-refractivity contribution in [3.8, 4) is 0 Å². The van der Waals surface area contributed by atoms with Crippen LogP contribution in [0.2, 0.25) is 0 Å². The molecule has 2 N–H and O–H groups in total. The number of hydrazine groups is 1. The number of carbonyl (C=O) groups is 2. The van der Waals surface area contributed by atoms with Crippen molar-refractivity contribution in [2.75, 3.05) is 5.75 Å².